The fourth-order valence-electron chi connectivity index (χ4n) is 3.15. The molecule has 0 saturated carbocycles. The van der Waals surface area contributed by atoms with Crippen molar-refractivity contribution in [3.8, 4) is 5.75 Å². The first-order chi connectivity index (χ1) is 11.6. The van der Waals surface area contributed by atoms with Crippen molar-refractivity contribution in [2.24, 2.45) is 0 Å². The molecule has 2 saturated heterocycles. The van der Waals surface area contributed by atoms with E-state index in [0.29, 0.717) is 18.6 Å². The zero-order valence-corrected chi connectivity index (χ0v) is 14.2. The van der Waals surface area contributed by atoms with E-state index in [0.717, 1.165) is 39.3 Å². The maximum Gasteiger partial charge on any atom is 0.267 e. The first kappa shape index (κ1) is 16.9. The van der Waals surface area contributed by atoms with Crippen LogP contribution in [-0.4, -0.2) is 60.4 Å². The minimum atomic E-state index is -0.573. The molecule has 0 bridgehead atoms. The van der Waals surface area contributed by atoms with Gasteiger partial charge in [0.2, 0.25) is 5.91 Å². The molecule has 2 aliphatic rings. The molecule has 0 radical (unpaired) electrons. The summed E-state index contributed by atoms with van der Waals surface area (Å²) in [5.41, 5.74) is 1.25. The Kier molecular flexibility index (Phi) is 5.48. The highest BCUT2D eigenvalue weighted by atomic mass is 16.5. The van der Waals surface area contributed by atoms with Crippen molar-refractivity contribution >= 4 is 11.8 Å². The second-order valence-electron chi connectivity index (χ2n) is 6.41. The first-order valence-electron chi connectivity index (χ1n) is 8.68. The van der Waals surface area contributed by atoms with Gasteiger partial charge in [-0.1, -0.05) is 19.1 Å². The summed E-state index contributed by atoms with van der Waals surface area (Å²) in [6.07, 6.45) is 0.197. The number of carbonyl (C=O) groups is 2. The third-order valence-corrected chi connectivity index (χ3v) is 4.71. The topological polar surface area (TPSA) is 61.9 Å². The van der Waals surface area contributed by atoms with Crippen LogP contribution in [-0.2, 0) is 16.1 Å². The number of amides is 2. The Bertz CT molecular complexity index is 580. The molecular weight excluding hydrogens is 306 g/mol. The lowest BCUT2D eigenvalue weighted by atomic mass is 10.1. The van der Waals surface area contributed by atoms with Gasteiger partial charge in [0.1, 0.15) is 5.75 Å². The number of carbonyl (C=O) groups excluding carboxylic acids is 2. The van der Waals surface area contributed by atoms with Gasteiger partial charge in [0.25, 0.3) is 5.91 Å². The van der Waals surface area contributed by atoms with E-state index in [1.54, 1.807) is 0 Å². The van der Waals surface area contributed by atoms with Crippen molar-refractivity contribution in [2.45, 2.75) is 32.4 Å². The van der Waals surface area contributed by atoms with Crippen LogP contribution in [0.25, 0.3) is 0 Å². The SMILES string of the molecule is CCN1CCN(Cc2ccc(OC3CCC(=O)NC3=O)cc2)CC1. The Labute approximate surface area is 142 Å². The number of imide groups is 1. The Hall–Kier alpha value is -1.92. The normalized spacial score (nSPS) is 23.1. The fraction of sp³-hybridized carbons (Fsp3) is 0.556. The summed E-state index contributed by atoms with van der Waals surface area (Å²) < 4.78 is 5.70. The number of nitrogens with zero attached hydrogens (tertiary/aromatic N) is 2. The highest BCUT2D eigenvalue weighted by molar-refractivity contribution is 5.99. The molecule has 3 rings (SSSR count). The van der Waals surface area contributed by atoms with Gasteiger partial charge < -0.3 is 9.64 Å². The highest BCUT2D eigenvalue weighted by Gasteiger charge is 2.28. The molecule has 2 heterocycles. The summed E-state index contributed by atoms with van der Waals surface area (Å²) in [7, 11) is 0. The molecule has 0 aliphatic carbocycles. The van der Waals surface area contributed by atoms with E-state index < -0.39 is 6.10 Å². The van der Waals surface area contributed by atoms with Crippen LogP contribution in [0.5, 0.6) is 5.75 Å². The molecule has 2 aliphatic heterocycles. The van der Waals surface area contributed by atoms with Gasteiger partial charge in [0.15, 0.2) is 6.10 Å². The van der Waals surface area contributed by atoms with Crippen LogP contribution in [0.3, 0.4) is 0 Å². The van der Waals surface area contributed by atoms with Crippen molar-refractivity contribution in [3.05, 3.63) is 29.8 Å². The van der Waals surface area contributed by atoms with E-state index in [9.17, 15) is 9.59 Å². The second-order valence-corrected chi connectivity index (χ2v) is 6.41. The molecule has 1 aromatic carbocycles. The van der Waals surface area contributed by atoms with E-state index in [-0.39, 0.29) is 11.8 Å². The number of rotatable bonds is 5. The molecule has 1 aromatic rings. The van der Waals surface area contributed by atoms with Gasteiger partial charge in [-0.05, 0) is 24.2 Å². The Morgan fingerprint density at radius 3 is 2.38 bits per heavy atom. The van der Waals surface area contributed by atoms with Crippen LogP contribution in [0.2, 0.25) is 0 Å². The average molecular weight is 331 g/mol. The molecule has 6 heteroatoms. The van der Waals surface area contributed by atoms with Crippen molar-refractivity contribution in [3.63, 3.8) is 0 Å². The van der Waals surface area contributed by atoms with Crippen LogP contribution in [0.15, 0.2) is 24.3 Å². The molecule has 130 valence electrons. The molecule has 24 heavy (non-hydrogen) atoms. The van der Waals surface area contributed by atoms with Gasteiger partial charge in [-0.2, -0.15) is 0 Å². The van der Waals surface area contributed by atoms with Crippen LogP contribution in [0.4, 0.5) is 0 Å². The third kappa shape index (κ3) is 4.33. The molecule has 2 fully saturated rings. The molecule has 1 atom stereocenters. The second kappa shape index (κ2) is 7.77. The number of likely N-dealkylation sites (N-methyl/N-ethyl adjacent to an activating group) is 1. The summed E-state index contributed by atoms with van der Waals surface area (Å²) in [6, 6.07) is 7.91. The predicted molar refractivity (Wildman–Crippen MR) is 90.6 cm³/mol. The van der Waals surface area contributed by atoms with Gasteiger partial charge in [0.05, 0.1) is 0 Å². The highest BCUT2D eigenvalue weighted by Crippen LogP contribution is 2.18. The van der Waals surface area contributed by atoms with Gasteiger partial charge in [-0.3, -0.25) is 19.8 Å². The van der Waals surface area contributed by atoms with Crippen LogP contribution in [0, 0.1) is 0 Å². The number of ether oxygens (including phenoxy) is 1. The minimum Gasteiger partial charge on any atom is -0.481 e. The van der Waals surface area contributed by atoms with E-state index in [1.165, 1.54) is 5.56 Å². The number of hydrogen-bond donors (Lipinski definition) is 1. The summed E-state index contributed by atoms with van der Waals surface area (Å²) in [5.74, 6) is 0.103. The molecule has 0 aromatic heterocycles. The van der Waals surface area contributed by atoms with Crippen LogP contribution >= 0.6 is 0 Å². The van der Waals surface area contributed by atoms with Crippen molar-refractivity contribution in [2.75, 3.05) is 32.7 Å². The Morgan fingerprint density at radius 2 is 1.75 bits per heavy atom. The van der Waals surface area contributed by atoms with Crippen LogP contribution < -0.4 is 10.1 Å². The molecule has 0 spiro atoms. The quantitative estimate of drug-likeness (QED) is 0.816. The maximum absolute atomic E-state index is 11.7. The van der Waals surface area contributed by atoms with Gasteiger partial charge in [-0.15, -0.1) is 0 Å². The van der Waals surface area contributed by atoms with Crippen molar-refractivity contribution in [1.29, 1.82) is 0 Å². The predicted octanol–water partition coefficient (Wildman–Crippen LogP) is 1.01. The summed E-state index contributed by atoms with van der Waals surface area (Å²) in [6.45, 7) is 8.73. The third-order valence-electron chi connectivity index (χ3n) is 4.71. The van der Waals surface area contributed by atoms with Crippen molar-refractivity contribution < 1.29 is 14.3 Å². The zero-order chi connectivity index (χ0) is 16.9. The number of benzene rings is 1. The number of piperazine rings is 1. The lowest BCUT2D eigenvalue weighted by Crippen LogP contribution is -2.46. The van der Waals surface area contributed by atoms with E-state index in [4.69, 9.17) is 4.74 Å². The van der Waals surface area contributed by atoms with E-state index in [1.807, 2.05) is 24.3 Å². The number of nitrogens with one attached hydrogen (secondary N) is 1. The molecule has 1 N–H and O–H groups in total. The Balaban J connectivity index is 1.50. The van der Waals surface area contributed by atoms with Gasteiger partial charge >= 0.3 is 0 Å². The van der Waals surface area contributed by atoms with Crippen molar-refractivity contribution in [1.82, 2.24) is 15.1 Å². The lowest BCUT2D eigenvalue weighted by Gasteiger charge is -2.34. The lowest BCUT2D eigenvalue weighted by molar-refractivity contribution is -0.138. The first-order valence-corrected chi connectivity index (χ1v) is 8.68. The fourth-order valence-corrected chi connectivity index (χ4v) is 3.15. The monoisotopic (exact) mass is 331 g/mol. The van der Waals surface area contributed by atoms with E-state index in [2.05, 4.69) is 22.0 Å². The summed E-state index contributed by atoms with van der Waals surface area (Å²) in [5, 5.41) is 2.31. The summed E-state index contributed by atoms with van der Waals surface area (Å²) in [4.78, 5) is 27.8. The van der Waals surface area contributed by atoms with Gasteiger partial charge in [0, 0.05) is 45.6 Å². The standard InChI is InChI=1S/C18H25N3O3/c1-2-20-9-11-21(12-10-20)13-14-3-5-15(6-4-14)24-16-7-8-17(22)19-18(16)23/h3-6,16H,2,7-13H2,1H3,(H,19,22,23). The number of piperidine rings is 1. The van der Waals surface area contributed by atoms with E-state index >= 15 is 0 Å². The minimum absolute atomic E-state index is 0.224. The molecular formula is C18H25N3O3. The van der Waals surface area contributed by atoms with Crippen LogP contribution in [0.1, 0.15) is 25.3 Å². The molecule has 6 nitrogen and oxygen atoms in total. The molecule has 2 amide bonds. The number of hydrogen-bond acceptors (Lipinski definition) is 5. The largest absolute Gasteiger partial charge is 0.481 e. The smallest absolute Gasteiger partial charge is 0.267 e. The van der Waals surface area contributed by atoms with Gasteiger partial charge in [-0.25, -0.2) is 0 Å². The summed E-state index contributed by atoms with van der Waals surface area (Å²) >= 11 is 0. The molecule has 1 unspecified atom stereocenters. The zero-order valence-electron chi connectivity index (χ0n) is 14.2. The average Bonchev–Trinajstić information content (AvgIpc) is 2.60. The maximum atomic E-state index is 11.7. The Morgan fingerprint density at radius 1 is 1.08 bits per heavy atom.